The molecular formula is C13H17N3OS. The van der Waals surface area contributed by atoms with Crippen molar-refractivity contribution in [1.82, 2.24) is 9.36 Å². The molecule has 0 saturated heterocycles. The minimum absolute atomic E-state index is 0.313. The van der Waals surface area contributed by atoms with Gasteiger partial charge >= 0.3 is 0 Å². The fraction of sp³-hybridized carbons (Fsp3) is 0.385. The molecule has 0 aliphatic heterocycles. The van der Waals surface area contributed by atoms with Crippen LogP contribution in [0.2, 0.25) is 0 Å². The highest BCUT2D eigenvalue weighted by Gasteiger charge is 2.11. The summed E-state index contributed by atoms with van der Waals surface area (Å²) in [4.78, 5) is 4.35. The third kappa shape index (κ3) is 2.61. The van der Waals surface area contributed by atoms with E-state index in [2.05, 4.69) is 23.2 Å². The summed E-state index contributed by atoms with van der Waals surface area (Å²) in [5.41, 5.74) is 8.63. The molecule has 5 heteroatoms. The van der Waals surface area contributed by atoms with Gasteiger partial charge in [0.25, 0.3) is 5.19 Å². The maximum absolute atomic E-state index is 5.85. The van der Waals surface area contributed by atoms with Gasteiger partial charge in [-0.2, -0.15) is 9.36 Å². The molecule has 0 saturated carbocycles. The molecule has 4 nitrogen and oxygen atoms in total. The predicted molar refractivity (Wildman–Crippen MR) is 74.4 cm³/mol. The van der Waals surface area contributed by atoms with Crippen molar-refractivity contribution in [3.63, 3.8) is 0 Å². The molecule has 0 aliphatic carbocycles. The van der Waals surface area contributed by atoms with Crippen LogP contribution in [0.25, 0.3) is 0 Å². The molecule has 0 bridgehead atoms. The van der Waals surface area contributed by atoms with Gasteiger partial charge in [0.15, 0.2) is 0 Å². The van der Waals surface area contributed by atoms with Crippen LogP contribution in [0.15, 0.2) is 12.1 Å². The fourth-order valence-electron chi connectivity index (χ4n) is 1.51. The Balaban J connectivity index is 2.25. The Kier molecular flexibility index (Phi) is 3.52. The van der Waals surface area contributed by atoms with Gasteiger partial charge in [0.1, 0.15) is 11.6 Å². The zero-order valence-electron chi connectivity index (χ0n) is 11.0. The van der Waals surface area contributed by atoms with Crippen molar-refractivity contribution in [3.05, 3.63) is 29.1 Å². The summed E-state index contributed by atoms with van der Waals surface area (Å²) in [7, 11) is 0. The summed E-state index contributed by atoms with van der Waals surface area (Å²) in [5.74, 6) is 1.92. The molecule has 1 aromatic carbocycles. The second-order valence-corrected chi connectivity index (χ2v) is 5.36. The predicted octanol–water partition coefficient (Wildman–Crippen LogP) is 3.65. The number of rotatable bonds is 3. The molecular weight excluding hydrogens is 246 g/mol. The van der Waals surface area contributed by atoms with Crippen LogP contribution in [0.3, 0.4) is 0 Å². The van der Waals surface area contributed by atoms with Crippen molar-refractivity contribution in [2.45, 2.75) is 33.6 Å². The van der Waals surface area contributed by atoms with Gasteiger partial charge in [-0.1, -0.05) is 13.8 Å². The number of aryl methyl sites for hydroxylation is 2. The molecule has 0 fully saturated rings. The lowest BCUT2D eigenvalue weighted by Gasteiger charge is -2.08. The first kappa shape index (κ1) is 12.8. The van der Waals surface area contributed by atoms with Gasteiger partial charge in [-0.25, -0.2) is 0 Å². The van der Waals surface area contributed by atoms with Crippen LogP contribution < -0.4 is 10.5 Å². The summed E-state index contributed by atoms with van der Waals surface area (Å²) in [6.07, 6.45) is 0. The van der Waals surface area contributed by atoms with E-state index in [4.69, 9.17) is 10.5 Å². The van der Waals surface area contributed by atoms with Crippen molar-refractivity contribution < 1.29 is 4.74 Å². The second-order valence-electron chi connectivity index (χ2n) is 4.65. The monoisotopic (exact) mass is 263 g/mol. The van der Waals surface area contributed by atoms with Crippen molar-refractivity contribution >= 4 is 17.2 Å². The second kappa shape index (κ2) is 4.94. The van der Waals surface area contributed by atoms with Gasteiger partial charge in [0.05, 0.1) is 0 Å². The van der Waals surface area contributed by atoms with Crippen molar-refractivity contribution in [1.29, 1.82) is 0 Å². The van der Waals surface area contributed by atoms with Gasteiger partial charge < -0.3 is 10.5 Å². The molecule has 0 atom stereocenters. The number of nitrogens with zero attached hydrogens (tertiary/aromatic N) is 2. The van der Waals surface area contributed by atoms with Crippen LogP contribution in [0.4, 0.5) is 5.69 Å². The maximum atomic E-state index is 5.85. The maximum Gasteiger partial charge on any atom is 0.298 e. The lowest BCUT2D eigenvalue weighted by molar-refractivity contribution is 0.472. The number of benzene rings is 1. The smallest absolute Gasteiger partial charge is 0.298 e. The van der Waals surface area contributed by atoms with Crippen molar-refractivity contribution in [3.8, 4) is 10.9 Å². The molecule has 1 aromatic heterocycles. The number of anilines is 1. The summed E-state index contributed by atoms with van der Waals surface area (Å²) in [6.45, 7) is 8.05. The average molecular weight is 263 g/mol. The number of ether oxygens (including phenoxy) is 1. The summed E-state index contributed by atoms with van der Waals surface area (Å²) in [6, 6.07) is 3.84. The summed E-state index contributed by atoms with van der Waals surface area (Å²) >= 11 is 1.28. The van der Waals surface area contributed by atoms with Gasteiger partial charge in [-0.05, 0) is 37.1 Å². The van der Waals surface area contributed by atoms with Crippen LogP contribution in [0.5, 0.6) is 10.9 Å². The molecule has 0 aliphatic rings. The Hall–Kier alpha value is -1.62. The number of nitrogens with two attached hydrogens (primary N) is 1. The molecule has 2 aromatic rings. The Bertz CT molecular complexity index is 563. The van der Waals surface area contributed by atoms with E-state index in [1.807, 2.05) is 26.0 Å². The minimum Gasteiger partial charge on any atom is -0.430 e. The normalized spacial score (nSPS) is 10.9. The van der Waals surface area contributed by atoms with Crippen LogP contribution in [-0.2, 0) is 0 Å². The van der Waals surface area contributed by atoms with Crippen molar-refractivity contribution in [2.75, 3.05) is 5.73 Å². The molecule has 0 unspecified atom stereocenters. The lowest BCUT2D eigenvalue weighted by atomic mass is 10.1. The van der Waals surface area contributed by atoms with Gasteiger partial charge in [0, 0.05) is 23.1 Å². The van der Waals surface area contributed by atoms with E-state index >= 15 is 0 Å². The van der Waals surface area contributed by atoms with E-state index in [-0.39, 0.29) is 0 Å². The highest BCUT2D eigenvalue weighted by molar-refractivity contribution is 7.07. The van der Waals surface area contributed by atoms with Crippen LogP contribution >= 0.6 is 11.5 Å². The number of hydrogen-bond donors (Lipinski definition) is 1. The first-order chi connectivity index (χ1) is 8.47. The van der Waals surface area contributed by atoms with Gasteiger partial charge in [0.2, 0.25) is 0 Å². The Morgan fingerprint density at radius 1 is 1.22 bits per heavy atom. The molecule has 0 amide bonds. The molecule has 18 heavy (non-hydrogen) atoms. The Labute approximate surface area is 111 Å². The number of aromatic nitrogens is 2. The van der Waals surface area contributed by atoms with Crippen LogP contribution in [-0.4, -0.2) is 9.36 Å². The molecule has 2 N–H and O–H groups in total. The zero-order valence-corrected chi connectivity index (χ0v) is 11.8. The molecule has 0 radical (unpaired) electrons. The molecule has 1 heterocycles. The van der Waals surface area contributed by atoms with Crippen LogP contribution in [0.1, 0.15) is 36.7 Å². The van der Waals surface area contributed by atoms with E-state index in [1.54, 1.807) is 0 Å². The van der Waals surface area contributed by atoms with E-state index in [9.17, 15) is 0 Å². The van der Waals surface area contributed by atoms with Gasteiger partial charge in [-0.3, -0.25) is 0 Å². The summed E-state index contributed by atoms with van der Waals surface area (Å²) < 4.78 is 10.0. The highest BCUT2D eigenvalue weighted by atomic mass is 32.1. The zero-order chi connectivity index (χ0) is 13.3. The number of nitrogen functional groups attached to an aromatic ring is 1. The van der Waals surface area contributed by atoms with E-state index < -0.39 is 0 Å². The summed E-state index contributed by atoms with van der Waals surface area (Å²) in [5, 5.41) is 0.575. The Morgan fingerprint density at radius 3 is 2.56 bits per heavy atom. The topological polar surface area (TPSA) is 61.0 Å². The third-order valence-electron chi connectivity index (χ3n) is 2.70. The molecule has 2 rings (SSSR count). The largest absolute Gasteiger partial charge is 0.430 e. The van der Waals surface area contributed by atoms with E-state index in [0.29, 0.717) is 11.1 Å². The van der Waals surface area contributed by atoms with E-state index in [0.717, 1.165) is 28.4 Å². The minimum atomic E-state index is 0.313. The third-order valence-corrected chi connectivity index (χ3v) is 3.31. The first-order valence-electron chi connectivity index (χ1n) is 5.85. The van der Waals surface area contributed by atoms with E-state index in [1.165, 1.54) is 11.5 Å². The Morgan fingerprint density at radius 2 is 1.94 bits per heavy atom. The molecule has 96 valence electrons. The average Bonchev–Trinajstić information content (AvgIpc) is 2.74. The van der Waals surface area contributed by atoms with Crippen molar-refractivity contribution in [2.24, 2.45) is 0 Å². The number of hydrogen-bond acceptors (Lipinski definition) is 5. The fourth-order valence-corrected chi connectivity index (χ4v) is 2.20. The lowest BCUT2D eigenvalue weighted by Crippen LogP contribution is -1.94. The highest BCUT2D eigenvalue weighted by Crippen LogP contribution is 2.30. The standard InChI is InChI=1S/C13H17N3OS/c1-7(2)12-15-13(18-16-12)17-11-6-8(3)10(14)5-9(11)4/h5-7H,14H2,1-4H3. The molecule has 0 spiro atoms. The van der Waals surface area contributed by atoms with Crippen LogP contribution in [0, 0.1) is 13.8 Å². The SMILES string of the molecule is Cc1cc(Oc2nc(C(C)C)ns2)c(C)cc1N. The quantitative estimate of drug-likeness (QED) is 0.859. The van der Waals surface area contributed by atoms with Gasteiger partial charge in [-0.15, -0.1) is 0 Å². The first-order valence-corrected chi connectivity index (χ1v) is 6.63.